The molecule has 4 rings (SSSR count). The number of benzene rings is 1. The van der Waals surface area contributed by atoms with Gasteiger partial charge in [0.15, 0.2) is 0 Å². The summed E-state index contributed by atoms with van der Waals surface area (Å²) in [6.07, 6.45) is 9.45. The zero-order valence-corrected chi connectivity index (χ0v) is 29.4. The number of nitrogens with one attached hydrogen (secondary N) is 2. The van der Waals surface area contributed by atoms with Crippen LogP contribution in [0, 0.1) is 5.92 Å². The van der Waals surface area contributed by atoms with Gasteiger partial charge in [-0.05, 0) is 76.4 Å². The molecule has 3 aliphatic rings. The third kappa shape index (κ3) is 11.6. The zero-order chi connectivity index (χ0) is 32.7. The van der Waals surface area contributed by atoms with Crippen molar-refractivity contribution in [3.63, 3.8) is 0 Å². The van der Waals surface area contributed by atoms with Gasteiger partial charge in [0.05, 0.1) is 0 Å². The SMILES string of the molecule is C=CCC.CC.CC1=CCNC1CC(=O)NC(Cc1ccc(Cl)cc1)C(=O)N1CCN(C2(CC(C)C)CCN(C)CC2)CC1. The lowest BCUT2D eigenvalue weighted by molar-refractivity contribution is -0.139. The summed E-state index contributed by atoms with van der Waals surface area (Å²) in [5.41, 5.74) is 2.40. The number of hydrogen-bond donors (Lipinski definition) is 2. The summed E-state index contributed by atoms with van der Waals surface area (Å²) in [5.74, 6) is 0.566. The van der Waals surface area contributed by atoms with Crippen LogP contribution < -0.4 is 10.6 Å². The summed E-state index contributed by atoms with van der Waals surface area (Å²) in [6, 6.07) is 7.00. The molecular formula is C36H60ClN5O2. The summed E-state index contributed by atoms with van der Waals surface area (Å²) in [5, 5.41) is 7.09. The maximum absolute atomic E-state index is 13.8. The molecule has 2 atom stereocenters. The first-order valence-electron chi connectivity index (χ1n) is 16.8. The van der Waals surface area contributed by atoms with Gasteiger partial charge in [0, 0.05) is 62.2 Å². The third-order valence-corrected chi connectivity index (χ3v) is 9.22. The minimum atomic E-state index is -0.589. The number of halogens is 1. The quantitative estimate of drug-likeness (QED) is 0.314. The van der Waals surface area contributed by atoms with Crippen molar-refractivity contribution in [1.29, 1.82) is 0 Å². The molecule has 0 aliphatic carbocycles. The fourth-order valence-corrected chi connectivity index (χ4v) is 6.59. The lowest BCUT2D eigenvalue weighted by Crippen LogP contribution is -2.63. The van der Waals surface area contributed by atoms with Gasteiger partial charge in [-0.15, -0.1) is 6.58 Å². The van der Waals surface area contributed by atoms with Gasteiger partial charge >= 0.3 is 0 Å². The summed E-state index contributed by atoms with van der Waals surface area (Å²) in [7, 11) is 2.21. The molecule has 2 fully saturated rings. The molecule has 0 saturated carbocycles. The van der Waals surface area contributed by atoms with E-state index in [1.165, 1.54) is 24.8 Å². The maximum Gasteiger partial charge on any atom is 0.245 e. The highest BCUT2D eigenvalue weighted by molar-refractivity contribution is 6.30. The average Bonchev–Trinajstić information content (AvgIpc) is 3.43. The highest BCUT2D eigenvalue weighted by Crippen LogP contribution is 2.35. The lowest BCUT2D eigenvalue weighted by Gasteiger charge is -2.52. The predicted molar refractivity (Wildman–Crippen MR) is 186 cm³/mol. The molecule has 1 aromatic carbocycles. The largest absolute Gasteiger partial charge is 0.344 e. The molecule has 44 heavy (non-hydrogen) atoms. The van der Waals surface area contributed by atoms with E-state index < -0.39 is 6.04 Å². The van der Waals surface area contributed by atoms with E-state index in [4.69, 9.17) is 11.6 Å². The molecule has 248 valence electrons. The van der Waals surface area contributed by atoms with Crippen LogP contribution in [0.4, 0.5) is 0 Å². The monoisotopic (exact) mass is 629 g/mol. The molecule has 0 radical (unpaired) electrons. The first kappa shape index (κ1) is 38.0. The van der Waals surface area contributed by atoms with Crippen LogP contribution in [-0.4, -0.2) is 97.0 Å². The number of rotatable bonds is 10. The minimum absolute atomic E-state index is 0.0147. The Morgan fingerprint density at radius 1 is 1.09 bits per heavy atom. The van der Waals surface area contributed by atoms with E-state index in [1.54, 1.807) is 0 Å². The smallest absolute Gasteiger partial charge is 0.245 e. The average molecular weight is 630 g/mol. The number of likely N-dealkylation sites (tertiary alicyclic amines) is 1. The Labute approximate surface area is 273 Å². The predicted octanol–water partition coefficient (Wildman–Crippen LogP) is 5.94. The van der Waals surface area contributed by atoms with Gasteiger partial charge in [-0.3, -0.25) is 14.5 Å². The van der Waals surface area contributed by atoms with Gasteiger partial charge in [0.2, 0.25) is 11.8 Å². The van der Waals surface area contributed by atoms with Gasteiger partial charge in [-0.2, -0.15) is 0 Å². The van der Waals surface area contributed by atoms with Gasteiger partial charge < -0.3 is 20.4 Å². The van der Waals surface area contributed by atoms with Crippen molar-refractivity contribution in [3.8, 4) is 0 Å². The van der Waals surface area contributed by atoms with Crippen molar-refractivity contribution in [2.24, 2.45) is 5.92 Å². The minimum Gasteiger partial charge on any atom is -0.344 e. The van der Waals surface area contributed by atoms with Gasteiger partial charge in [0.25, 0.3) is 0 Å². The highest BCUT2D eigenvalue weighted by atomic mass is 35.5. The molecule has 2 unspecified atom stereocenters. The van der Waals surface area contributed by atoms with Crippen LogP contribution in [0.1, 0.15) is 79.2 Å². The Hall–Kier alpha value is -2.19. The van der Waals surface area contributed by atoms with Gasteiger partial charge in [-0.1, -0.05) is 76.1 Å². The lowest BCUT2D eigenvalue weighted by atomic mass is 9.78. The van der Waals surface area contributed by atoms with Crippen molar-refractivity contribution >= 4 is 23.4 Å². The van der Waals surface area contributed by atoms with E-state index in [-0.39, 0.29) is 23.4 Å². The number of allylic oxidation sites excluding steroid dienone is 1. The second-order valence-corrected chi connectivity index (χ2v) is 13.1. The number of piperidine rings is 1. The molecule has 3 aliphatic heterocycles. The normalized spacial score (nSPS) is 20.9. The maximum atomic E-state index is 13.8. The van der Waals surface area contributed by atoms with Gasteiger partial charge in [0.1, 0.15) is 6.04 Å². The Morgan fingerprint density at radius 2 is 1.68 bits per heavy atom. The summed E-state index contributed by atoms with van der Waals surface area (Å²) in [4.78, 5) is 33.9. The van der Waals surface area contributed by atoms with E-state index in [9.17, 15) is 9.59 Å². The second kappa shape index (κ2) is 19.4. The number of hydrogen-bond acceptors (Lipinski definition) is 5. The molecule has 0 bridgehead atoms. The van der Waals surface area contributed by atoms with Crippen LogP contribution in [0.3, 0.4) is 0 Å². The molecule has 1 aromatic rings. The number of amides is 2. The standard InChI is InChI=1S/C30H46ClN5O2.C4H8.C2H6/c1-22(2)21-30(10-13-34(4)14-11-30)36-17-15-35(16-18-36)29(38)27(19-24-5-7-25(31)8-6-24)33-28(37)20-26-23(3)9-12-32-26;1-3-4-2;1-2/h5-9,22,26-27,32H,10-21H2,1-4H3,(H,33,37);3H,1,4H2,2H3;1-2H3. The molecule has 7 nitrogen and oxygen atoms in total. The van der Waals surface area contributed by atoms with Crippen LogP contribution in [0.2, 0.25) is 5.02 Å². The van der Waals surface area contributed by atoms with Crippen molar-refractivity contribution in [3.05, 3.63) is 59.2 Å². The Bertz CT molecular complexity index is 1040. The van der Waals surface area contributed by atoms with E-state index >= 15 is 0 Å². The van der Waals surface area contributed by atoms with E-state index in [1.807, 2.05) is 56.0 Å². The zero-order valence-electron chi connectivity index (χ0n) is 28.6. The number of carbonyl (C=O) groups excluding carboxylic acids is 2. The molecular weight excluding hydrogens is 570 g/mol. The van der Waals surface area contributed by atoms with Gasteiger partial charge in [-0.25, -0.2) is 0 Å². The van der Waals surface area contributed by atoms with Crippen LogP contribution in [0.5, 0.6) is 0 Å². The summed E-state index contributed by atoms with van der Waals surface area (Å²) >= 11 is 6.09. The first-order chi connectivity index (χ1) is 21.1. The summed E-state index contributed by atoms with van der Waals surface area (Å²) in [6.45, 7) is 22.5. The number of nitrogens with zero attached hydrogens (tertiary/aromatic N) is 3. The molecule has 0 aromatic heterocycles. The highest BCUT2D eigenvalue weighted by Gasteiger charge is 2.41. The van der Waals surface area contributed by atoms with Crippen molar-refractivity contribution in [1.82, 2.24) is 25.3 Å². The Morgan fingerprint density at radius 3 is 2.18 bits per heavy atom. The third-order valence-electron chi connectivity index (χ3n) is 8.97. The van der Waals surface area contributed by atoms with E-state index in [2.05, 4.69) is 60.9 Å². The topological polar surface area (TPSA) is 67.9 Å². The van der Waals surface area contributed by atoms with Crippen LogP contribution in [0.25, 0.3) is 0 Å². The van der Waals surface area contributed by atoms with Crippen molar-refractivity contribution < 1.29 is 9.59 Å². The van der Waals surface area contributed by atoms with Crippen LogP contribution in [-0.2, 0) is 16.0 Å². The van der Waals surface area contributed by atoms with Crippen LogP contribution in [0.15, 0.2) is 48.6 Å². The van der Waals surface area contributed by atoms with Crippen molar-refractivity contribution in [2.45, 2.75) is 97.7 Å². The number of carbonyl (C=O) groups is 2. The Kier molecular flexibility index (Phi) is 16.7. The molecule has 3 heterocycles. The fraction of sp³-hybridized carbons (Fsp3) is 0.667. The van der Waals surface area contributed by atoms with E-state index in [0.29, 0.717) is 36.9 Å². The fourth-order valence-electron chi connectivity index (χ4n) is 6.46. The number of piperazine rings is 1. The summed E-state index contributed by atoms with van der Waals surface area (Å²) < 4.78 is 0. The van der Waals surface area contributed by atoms with Crippen LogP contribution >= 0.6 is 11.6 Å². The molecule has 2 N–H and O–H groups in total. The second-order valence-electron chi connectivity index (χ2n) is 12.7. The first-order valence-corrected chi connectivity index (χ1v) is 17.2. The molecule has 2 amide bonds. The van der Waals surface area contributed by atoms with E-state index in [0.717, 1.165) is 44.7 Å². The van der Waals surface area contributed by atoms with Crippen molar-refractivity contribution in [2.75, 3.05) is 52.9 Å². The molecule has 0 spiro atoms. The Balaban J connectivity index is 0.00000104. The molecule has 8 heteroatoms. The molecule has 2 saturated heterocycles.